The van der Waals surface area contributed by atoms with E-state index in [0.29, 0.717) is 22.5 Å². The fraction of sp³-hybridized carbons (Fsp3) is 0.333. The van der Waals surface area contributed by atoms with Crippen LogP contribution in [-0.2, 0) is 14.8 Å². The zero-order valence-electron chi connectivity index (χ0n) is 18.2. The lowest BCUT2D eigenvalue weighted by Gasteiger charge is -2.22. The molecule has 168 valence electrons. The minimum absolute atomic E-state index is 0.185. The highest BCUT2D eigenvalue weighted by molar-refractivity contribution is 7.92. The fourth-order valence-corrected chi connectivity index (χ4v) is 5.31. The molecule has 0 atom stereocenters. The standard InChI is InChI=1S/C24H27N3O4S/c1-27(2)24(29)23(28)21-15-25-22-13-10-18(14-20(21)22)26-32(30,31)19-11-8-17(9-12-19)16-6-4-3-5-7-16/h8-16,25-26H,3-7H2,1-2H3. The van der Waals surface area contributed by atoms with Gasteiger partial charge in [0.1, 0.15) is 0 Å². The molecule has 1 amide bonds. The molecule has 2 N–H and O–H groups in total. The van der Waals surface area contributed by atoms with Crippen LogP contribution in [0.5, 0.6) is 0 Å². The third-order valence-corrected chi connectivity index (χ3v) is 7.44. The monoisotopic (exact) mass is 453 g/mol. The molecule has 1 aliphatic rings. The number of benzene rings is 2. The number of sulfonamides is 1. The van der Waals surface area contributed by atoms with E-state index in [1.165, 1.54) is 50.0 Å². The Hall–Kier alpha value is -3.13. The van der Waals surface area contributed by atoms with E-state index in [9.17, 15) is 18.0 Å². The van der Waals surface area contributed by atoms with Gasteiger partial charge in [0, 0.05) is 36.9 Å². The zero-order valence-corrected chi connectivity index (χ0v) is 19.0. The molecule has 2 aromatic carbocycles. The number of aromatic amines is 1. The summed E-state index contributed by atoms with van der Waals surface area (Å²) in [4.78, 5) is 28.9. The number of carbonyl (C=O) groups excluding carboxylic acids is 2. The Morgan fingerprint density at radius 3 is 2.34 bits per heavy atom. The maximum absolute atomic E-state index is 12.9. The quantitative estimate of drug-likeness (QED) is 0.430. The number of fused-ring (bicyclic) bond motifs is 1. The molecule has 0 saturated heterocycles. The topological polar surface area (TPSA) is 99.3 Å². The van der Waals surface area contributed by atoms with E-state index in [4.69, 9.17) is 0 Å². The van der Waals surface area contributed by atoms with Gasteiger partial charge in [-0.25, -0.2) is 8.42 Å². The van der Waals surface area contributed by atoms with E-state index in [-0.39, 0.29) is 10.5 Å². The lowest BCUT2D eigenvalue weighted by Crippen LogP contribution is -2.29. The highest BCUT2D eigenvalue weighted by Crippen LogP contribution is 2.33. The molecule has 0 unspecified atom stereocenters. The largest absolute Gasteiger partial charge is 0.360 e. The van der Waals surface area contributed by atoms with Crippen molar-refractivity contribution in [2.75, 3.05) is 18.8 Å². The summed E-state index contributed by atoms with van der Waals surface area (Å²) in [7, 11) is -0.779. The predicted octanol–water partition coefficient (Wildman–Crippen LogP) is 4.29. The summed E-state index contributed by atoms with van der Waals surface area (Å²) in [5.74, 6) is -0.792. The van der Waals surface area contributed by atoms with Gasteiger partial charge in [0.05, 0.1) is 10.5 Å². The zero-order chi connectivity index (χ0) is 22.9. The second kappa shape index (κ2) is 8.78. The highest BCUT2D eigenvalue weighted by atomic mass is 32.2. The lowest BCUT2D eigenvalue weighted by molar-refractivity contribution is -0.124. The van der Waals surface area contributed by atoms with Gasteiger partial charge >= 0.3 is 0 Å². The van der Waals surface area contributed by atoms with E-state index in [0.717, 1.165) is 12.8 Å². The Bertz CT molecular complexity index is 1250. The van der Waals surface area contributed by atoms with Crippen LogP contribution >= 0.6 is 0 Å². The number of aromatic nitrogens is 1. The number of hydrogen-bond acceptors (Lipinski definition) is 4. The second-order valence-corrected chi connectivity index (χ2v) is 10.2. The van der Waals surface area contributed by atoms with E-state index >= 15 is 0 Å². The molecule has 7 nitrogen and oxygen atoms in total. The summed E-state index contributed by atoms with van der Waals surface area (Å²) in [6.45, 7) is 0. The summed E-state index contributed by atoms with van der Waals surface area (Å²) in [5.41, 5.74) is 2.35. The number of carbonyl (C=O) groups is 2. The van der Waals surface area contributed by atoms with E-state index in [1.54, 1.807) is 30.3 Å². The SMILES string of the molecule is CN(C)C(=O)C(=O)c1c[nH]c2ccc(NS(=O)(=O)c3ccc(C4CCCCC4)cc3)cc12. The Morgan fingerprint density at radius 2 is 1.69 bits per heavy atom. The average Bonchev–Trinajstić information content (AvgIpc) is 3.21. The van der Waals surface area contributed by atoms with Gasteiger partial charge in [0.2, 0.25) is 0 Å². The first-order chi connectivity index (χ1) is 15.3. The molecular weight excluding hydrogens is 426 g/mol. The fourth-order valence-electron chi connectivity index (χ4n) is 4.26. The molecule has 1 aliphatic carbocycles. The van der Waals surface area contributed by atoms with Crippen molar-refractivity contribution in [1.29, 1.82) is 0 Å². The molecule has 4 rings (SSSR count). The van der Waals surface area contributed by atoms with Gasteiger partial charge in [0.25, 0.3) is 21.7 Å². The van der Waals surface area contributed by atoms with Gasteiger partial charge in [-0.05, 0) is 54.7 Å². The van der Waals surface area contributed by atoms with Crippen LogP contribution in [0.1, 0.15) is 53.9 Å². The molecule has 1 fully saturated rings. The number of H-pyrrole nitrogens is 1. The van der Waals surface area contributed by atoms with Crippen molar-refractivity contribution in [2.45, 2.75) is 42.9 Å². The van der Waals surface area contributed by atoms with Gasteiger partial charge < -0.3 is 9.88 Å². The van der Waals surface area contributed by atoms with Gasteiger partial charge in [-0.15, -0.1) is 0 Å². The predicted molar refractivity (Wildman–Crippen MR) is 124 cm³/mol. The van der Waals surface area contributed by atoms with Crippen molar-refractivity contribution >= 4 is 38.3 Å². The number of anilines is 1. The number of amides is 1. The third-order valence-electron chi connectivity index (χ3n) is 6.05. The van der Waals surface area contributed by atoms with Crippen LogP contribution in [0.4, 0.5) is 5.69 Å². The molecule has 0 aliphatic heterocycles. The Kier molecular flexibility index (Phi) is 6.06. The van der Waals surface area contributed by atoms with Crippen LogP contribution in [0, 0.1) is 0 Å². The normalized spacial score (nSPS) is 14.9. The molecule has 0 spiro atoms. The van der Waals surface area contributed by atoms with Crippen LogP contribution in [0.25, 0.3) is 10.9 Å². The number of likely N-dealkylation sites (N-methyl/N-ethyl adjacent to an activating group) is 1. The van der Waals surface area contributed by atoms with Gasteiger partial charge in [-0.3, -0.25) is 14.3 Å². The summed E-state index contributed by atoms with van der Waals surface area (Å²) in [6, 6.07) is 12.0. The molecule has 1 saturated carbocycles. The average molecular weight is 454 g/mol. The molecule has 0 radical (unpaired) electrons. The summed E-state index contributed by atoms with van der Waals surface area (Å²) in [6.07, 6.45) is 7.49. The van der Waals surface area contributed by atoms with E-state index in [2.05, 4.69) is 9.71 Å². The molecule has 8 heteroatoms. The van der Waals surface area contributed by atoms with Crippen LogP contribution in [0.15, 0.2) is 53.6 Å². The number of Topliss-reactive ketones (excluding diaryl/α,β-unsaturated/α-hetero) is 1. The Labute approximate surface area is 187 Å². The Morgan fingerprint density at radius 1 is 1.00 bits per heavy atom. The number of hydrogen-bond donors (Lipinski definition) is 2. The number of nitrogens with zero attached hydrogens (tertiary/aromatic N) is 1. The second-order valence-electron chi connectivity index (χ2n) is 8.50. The molecular formula is C24H27N3O4S. The van der Waals surface area contributed by atoms with Crippen LogP contribution in [0.2, 0.25) is 0 Å². The number of rotatable bonds is 6. The molecule has 3 aromatic rings. The molecule has 32 heavy (non-hydrogen) atoms. The maximum Gasteiger partial charge on any atom is 0.294 e. The highest BCUT2D eigenvalue weighted by Gasteiger charge is 2.23. The lowest BCUT2D eigenvalue weighted by atomic mass is 9.84. The van der Waals surface area contributed by atoms with Crippen LogP contribution in [-0.4, -0.2) is 44.1 Å². The van der Waals surface area contributed by atoms with Crippen molar-refractivity contribution in [3.8, 4) is 0 Å². The minimum Gasteiger partial charge on any atom is -0.360 e. The maximum atomic E-state index is 12.9. The summed E-state index contributed by atoms with van der Waals surface area (Å²) < 4.78 is 28.5. The summed E-state index contributed by atoms with van der Waals surface area (Å²) >= 11 is 0. The Balaban J connectivity index is 1.57. The van der Waals surface area contributed by atoms with Crippen molar-refractivity contribution in [3.05, 3.63) is 59.8 Å². The van der Waals surface area contributed by atoms with E-state index < -0.39 is 21.7 Å². The first-order valence-corrected chi connectivity index (χ1v) is 12.2. The summed E-state index contributed by atoms with van der Waals surface area (Å²) in [5, 5.41) is 0.484. The first kappa shape index (κ1) is 22.1. The molecule has 1 heterocycles. The minimum atomic E-state index is -3.80. The van der Waals surface area contributed by atoms with Crippen LogP contribution < -0.4 is 4.72 Å². The van der Waals surface area contributed by atoms with Crippen LogP contribution in [0.3, 0.4) is 0 Å². The smallest absolute Gasteiger partial charge is 0.294 e. The molecule has 1 aromatic heterocycles. The van der Waals surface area contributed by atoms with Gasteiger partial charge in [0.15, 0.2) is 0 Å². The molecule has 0 bridgehead atoms. The number of ketones is 1. The van der Waals surface area contributed by atoms with Crippen molar-refractivity contribution < 1.29 is 18.0 Å². The van der Waals surface area contributed by atoms with Gasteiger partial charge in [-0.2, -0.15) is 0 Å². The van der Waals surface area contributed by atoms with Gasteiger partial charge in [-0.1, -0.05) is 31.4 Å². The first-order valence-electron chi connectivity index (χ1n) is 10.8. The van der Waals surface area contributed by atoms with E-state index in [1.807, 2.05) is 12.1 Å². The van der Waals surface area contributed by atoms with Crippen molar-refractivity contribution in [3.63, 3.8) is 0 Å². The number of nitrogens with one attached hydrogen (secondary N) is 2. The van der Waals surface area contributed by atoms with Crippen molar-refractivity contribution in [2.24, 2.45) is 0 Å². The van der Waals surface area contributed by atoms with Crippen molar-refractivity contribution in [1.82, 2.24) is 9.88 Å². The third kappa shape index (κ3) is 4.41.